The van der Waals surface area contributed by atoms with Crippen molar-refractivity contribution in [3.05, 3.63) is 71.8 Å². The molecule has 0 aromatic heterocycles. The fourth-order valence-electron chi connectivity index (χ4n) is 5.71. The molecule has 2 aromatic rings. The first-order valence-electron chi connectivity index (χ1n) is 15.6. The minimum absolute atomic E-state index is 0.105. The third kappa shape index (κ3) is 10.0. The molecule has 2 amide bonds. The van der Waals surface area contributed by atoms with E-state index in [9.17, 15) is 23.1 Å². The fraction of sp³-hybridized carbons (Fsp3) is 0.588. The largest absolute Gasteiger partial charge is 0.444 e. The van der Waals surface area contributed by atoms with E-state index in [1.54, 1.807) is 20.8 Å². The zero-order chi connectivity index (χ0) is 32.7. The first-order valence-corrected chi connectivity index (χ1v) is 17.1. The molecule has 244 valence electrons. The van der Waals surface area contributed by atoms with Crippen LogP contribution in [0, 0.1) is 11.8 Å². The van der Waals surface area contributed by atoms with Gasteiger partial charge in [-0.25, -0.2) is 13.2 Å². The van der Waals surface area contributed by atoms with E-state index >= 15 is 0 Å². The van der Waals surface area contributed by atoms with E-state index in [2.05, 4.69) is 17.6 Å². The van der Waals surface area contributed by atoms with Crippen molar-refractivity contribution in [1.82, 2.24) is 14.9 Å². The highest BCUT2D eigenvalue weighted by molar-refractivity contribution is 7.90. The normalized spacial score (nSPS) is 20.8. The summed E-state index contributed by atoms with van der Waals surface area (Å²) in [5.74, 6) is -0.183. The van der Waals surface area contributed by atoms with Crippen LogP contribution in [0.3, 0.4) is 0 Å². The quantitative estimate of drug-likeness (QED) is 0.313. The zero-order valence-corrected chi connectivity index (χ0v) is 28.0. The van der Waals surface area contributed by atoms with Crippen LogP contribution in [0.2, 0.25) is 0 Å². The van der Waals surface area contributed by atoms with Crippen LogP contribution in [-0.2, 0) is 32.4 Å². The van der Waals surface area contributed by atoms with Crippen LogP contribution in [-0.4, -0.2) is 71.5 Å². The van der Waals surface area contributed by atoms with Crippen molar-refractivity contribution < 1.29 is 27.9 Å². The van der Waals surface area contributed by atoms with Crippen molar-refractivity contribution in [2.75, 3.05) is 6.54 Å². The van der Waals surface area contributed by atoms with Crippen LogP contribution in [0.5, 0.6) is 0 Å². The van der Waals surface area contributed by atoms with Gasteiger partial charge in [0.05, 0.1) is 18.2 Å². The van der Waals surface area contributed by atoms with E-state index in [0.717, 1.165) is 24.0 Å². The lowest BCUT2D eigenvalue weighted by Gasteiger charge is -2.41. The van der Waals surface area contributed by atoms with Gasteiger partial charge in [0.1, 0.15) is 5.60 Å². The highest BCUT2D eigenvalue weighted by Crippen LogP contribution is 2.31. The van der Waals surface area contributed by atoms with E-state index in [-0.39, 0.29) is 24.8 Å². The highest BCUT2D eigenvalue weighted by atomic mass is 32.2. The summed E-state index contributed by atoms with van der Waals surface area (Å²) in [6, 6.07) is 16.8. The Labute approximate surface area is 263 Å². The second-order valence-corrected chi connectivity index (χ2v) is 15.7. The molecule has 0 bridgehead atoms. The summed E-state index contributed by atoms with van der Waals surface area (Å²) >= 11 is 0. The predicted octanol–water partition coefficient (Wildman–Crippen LogP) is 4.69. The number of sulfonamides is 1. The Morgan fingerprint density at radius 3 is 1.91 bits per heavy atom. The lowest BCUT2D eigenvalue weighted by Crippen LogP contribution is -2.59. The van der Waals surface area contributed by atoms with E-state index in [1.165, 1.54) is 11.2 Å². The first kappa shape index (κ1) is 35.5. The number of carbonyl (C=O) groups is 2. The molecule has 6 unspecified atom stereocenters. The molecule has 1 fully saturated rings. The molecule has 2 aromatic carbocycles. The summed E-state index contributed by atoms with van der Waals surface area (Å²) in [6.07, 6.45) is -0.00389. The topological polar surface area (TPSA) is 125 Å². The SMILES string of the molecule is CC1CCN(S(=O)(=O)C(C)C(=O)NC(Cc2ccccc2)C(O)C(Cc2ccccc2)NC(=O)OC(C)(C)C)C(C(C)C)C1. The molecule has 1 saturated heterocycles. The lowest BCUT2D eigenvalue weighted by molar-refractivity contribution is -0.122. The van der Waals surface area contributed by atoms with E-state index < -0.39 is 51.1 Å². The number of ether oxygens (including phenoxy) is 1. The molecule has 1 aliphatic heterocycles. The minimum Gasteiger partial charge on any atom is -0.444 e. The van der Waals surface area contributed by atoms with Crippen LogP contribution < -0.4 is 10.6 Å². The average Bonchev–Trinajstić information content (AvgIpc) is 2.95. The molecule has 1 aliphatic rings. The van der Waals surface area contributed by atoms with Crippen LogP contribution >= 0.6 is 0 Å². The number of aliphatic hydroxyl groups is 1. The number of nitrogens with one attached hydrogen (secondary N) is 2. The molecule has 44 heavy (non-hydrogen) atoms. The van der Waals surface area contributed by atoms with Gasteiger partial charge in [0.15, 0.2) is 5.25 Å². The van der Waals surface area contributed by atoms with Gasteiger partial charge >= 0.3 is 6.09 Å². The molecule has 0 saturated carbocycles. The Kier molecular flexibility index (Phi) is 12.4. The van der Waals surface area contributed by atoms with Gasteiger partial charge in [-0.3, -0.25) is 4.79 Å². The lowest BCUT2D eigenvalue weighted by atomic mass is 9.88. The number of carbonyl (C=O) groups excluding carboxylic acids is 2. The van der Waals surface area contributed by atoms with Gasteiger partial charge in [-0.15, -0.1) is 0 Å². The number of hydrogen-bond acceptors (Lipinski definition) is 6. The number of rotatable bonds is 12. The number of alkyl carbamates (subject to hydrolysis) is 1. The standard InChI is InChI=1S/C34H51N3O6S/c1-23(2)30-20-24(3)18-19-37(30)44(41,42)25(4)32(39)35-28(21-26-14-10-8-11-15-26)31(38)29(22-27-16-12-9-13-17-27)36-33(40)43-34(5,6)7/h8-17,23-25,28-31,38H,18-22H2,1-7H3,(H,35,39)(H,36,40). The van der Waals surface area contributed by atoms with E-state index in [0.29, 0.717) is 12.5 Å². The molecule has 3 rings (SSSR count). The number of nitrogens with zero attached hydrogens (tertiary/aromatic N) is 1. The van der Waals surface area contributed by atoms with Crippen molar-refractivity contribution in [2.24, 2.45) is 11.8 Å². The van der Waals surface area contributed by atoms with Gasteiger partial charge in [0.2, 0.25) is 15.9 Å². The van der Waals surface area contributed by atoms with E-state index in [1.807, 2.05) is 74.5 Å². The smallest absolute Gasteiger partial charge is 0.407 e. The zero-order valence-electron chi connectivity index (χ0n) is 27.2. The highest BCUT2D eigenvalue weighted by Gasteiger charge is 2.42. The summed E-state index contributed by atoms with van der Waals surface area (Å²) < 4.78 is 34.7. The maximum Gasteiger partial charge on any atom is 0.407 e. The molecular weight excluding hydrogens is 578 g/mol. The van der Waals surface area contributed by atoms with Crippen molar-refractivity contribution in [1.29, 1.82) is 0 Å². The van der Waals surface area contributed by atoms with Gasteiger partial charge in [0.25, 0.3) is 0 Å². The number of aliphatic hydroxyl groups excluding tert-OH is 1. The first-order chi connectivity index (χ1) is 20.6. The molecule has 3 N–H and O–H groups in total. The molecule has 0 aliphatic carbocycles. The maximum atomic E-state index is 13.8. The number of piperidine rings is 1. The maximum absolute atomic E-state index is 13.8. The van der Waals surface area contributed by atoms with Crippen LogP contribution in [0.1, 0.15) is 72.4 Å². The molecule has 1 heterocycles. The summed E-state index contributed by atoms with van der Waals surface area (Å²) in [7, 11) is -3.98. The summed E-state index contributed by atoms with van der Waals surface area (Å²) in [4.78, 5) is 26.6. The molecule has 0 spiro atoms. The van der Waals surface area contributed by atoms with Gasteiger partial charge in [-0.1, -0.05) is 81.4 Å². The Bertz CT molecular complexity index is 1310. The Morgan fingerprint density at radius 1 is 0.932 bits per heavy atom. The molecule has 10 heteroatoms. The molecular formula is C34H51N3O6S. The summed E-state index contributed by atoms with van der Waals surface area (Å²) in [6.45, 7) is 13.2. The Morgan fingerprint density at radius 2 is 1.43 bits per heavy atom. The monoisotopic (exact) mass is 629 g/mol. The van der Waals surface area contributed by atoms with Crippen molar-refractivity contribution in [3.8, 4) is 0 Å². The second-order valence-electron chi connectivity index (χ2n) is 13.5. The molecule has 0 radical (unpaired) electrons. The molecule has 9 nitrogen and oxygen atoms in total. The number of hydrogen-bond donors (Lipinski definition) is 3. The third-order valence-corrected chi connectivity index (χ3v) is 10.4. The van der Waals surface area contributed by atoms with Crippen molar-refractivity contribution in [3.63, 3.8) is 0 Å². The van der Waals surface area contributed by atoms with E-state index in [4.69, 9.17) is 4.74 Å². The third-order valence-electron chi connectivity index (χ3n) is 8.22. The number of amides is 2. The Hall–Kier alpha value is -2.95. The van der Waals surface area contributed by atoms with Gasteiger partial charge < -0.3 is 20.5 Å². The second kappa shape index (κ2) is 15.4. The van der Waals surface area contributed by atoms with Gasteiger partial charge in [0, 0.05) is 12.6 Å². The van der Waals surface area contributed by atoms with Gasteiger partial charge in [-0.05, 0) is 76.3 Å². The van der Waals surface area contributed by atoms with Crippen molar-refractivity contribution >= 4 is 22.0 Å². The summed E-state index contributed by atoms with van der Waals surface area (Å²) in [5.41, 5.74) is 0.953. The number of benzene rings is 2. The summed E-state index contributed by atoms with van der Waals surface area (Å²) in [5, 5.41) is 16.1. The average molecular weight is 630 g/mol. The predicted molar refractivity (Wildman–Crippen MR) is 173 cm³/mol. The van der Waals surface area contributed by atoms with Crippen molar-refractivity contribution in [2.45, 2.75) is 109 Å². The molecule has 6 atom stereocenters. The fourth-order valence-corrected chi connectivity index (χ4v) is 7.52. The van der Waals surface area contributed by atoms with Crippen LogP contribution in [0.4, 0.5) is 4.79 Å². The van der Waals surface area contributed by atoms with Crippen LogP contribution in [0.25, 0.3) is 0 Å². The Balaban J connectivity index is 1.90. The minimum atomic E-state index is -3.98. The van der Waals surface area contributed by atoms with Crippen LogP contribution in [0.15, 0.2) is 60.7 Å². The van der Waals surface area contributed by atoms with Gasteiger partial charge in [-0.2, -0.15) is 4.31 Å².